The number of halogens is 2. The van der Waals surface area contributed by atoms with Gasteiger partial charge in [-0.25, -0.2) is 26.7 Å². The molecule has 0 unspecified atom stereocenters. The highest BCUT2D eigenvalue weighted by Crippen LogP contribution is 2.23. The fourth-order valence-corrected chi connectivity index (χ4v) is 5.04. The topological polar surface area (TPSA) is 117 Å². The van der Waals surface area contributed by atoms with Crippen molar-refractivity contribution in [2.75, 3.05) is 18.5 Å². The first kappa shape index (κ1) is 25.0. The third kappa shape index (κ3) is 6.94. The van der Waals surface area contributed by atoms with Crippen LogP contribution in [-0.2, 0) is 14.8 Å². The molecule has 4 N–H and O–H groups in total. The van der Waals surface area contributed by atoms with E-state index in [0.717, 1.165) is 23.8 Å². The van der Waals surface area contributed by atoms with Gasteiger partial charge >= 0.3 is 6.03 Å². The molecule has 180 valence electrons. The van der Waals surface area contributed by atoms with Crippen LogP contribution in [0.2, 0.25) is 0 Å². The van der Waals surface area contributed by atoms with Crippen LogP contribution in [0.15, 0.2) is 47.4 Å². The first-order valence-corrected chi connectivity index (χ1v) is 12.0. The summed E-state index contributed by atoms with van der Waals surface area (Å²) < 4.78 is 60.6. The Morgan fingerprint density at radius 2 is 1.97 bits per heavy atom. The monoisotopic (exact) mass is 483 g/mol. The molecule has 3 atom stereocenters. The molecule has 1 aliphatic heterocycles. The van der Waals surface area contributed by atoms with Crippen molar-refractivity contribution in [1.82, 2.24) is 10.0 Å². The van der Waals surface area contributed by atoms with Crippen molar-refractivity contribution in [1.29, 1.82) is 0 Å². The van der Waals surface area contributed by atoms with Gasteiger partial charge in [0, 0.05) is 12.6 Å². The lowest BCUT2D eigenvalue weighted by Crippen LogP contribution is -2.51. The summed E-state index contributed by atoms with van der Waals surface area (Å²) in [5.74, 6) is -1.43. The van der Waals surface area contributed by atoms with E-state index in [1.165, 1.54) is 6.07 Å². The summed E-state index contributed by atoms with van der Waals surface area (Å²) in [6.45, 7) is 1.61. The number of anilines is 1. The molecule has 0 saturated carbocycles. The van der Waals surface area contributed by atoms with Gasteiger partial charge in [-0.15, -0.1) is 0 Å². The van der Waals surface area contributed by atoms with Crippen LogP contribution in [0.25, 0.3) is 0 Å². The Bertz CT molecular complexity index is 1080. The summed E-state index contributed by atoms with van der Waals surface area (Å²) in [6, 6.07) is 7.98. The lowest BCUT2D eigenvalue weighted by molar-refractivity contribution is -0.0871. The second-order valence-electron chi connectivity index (χ2n) is 7.89. The molecule has 3 rings (SSSR count). The van der Waals surface area contributed by atoms with Crippen LogP contribution in [0, 0.1) is 18.6 Å². The molecule has 0 spiro atoms. The van der Waals surface area contributed by atoms with Gasteiger partial charge in [0.05, 0.1) is 35.4 Å². The fourth-order valence-electron chi connectivity index (χ4n) is 3.64. The van der Waals surface area contributed by atoms with Crippen molar-refractivity contribution in [2.24, 2.45) is 0 Å². The SMILES string of the molecule is Cc1cccc(S(=O)(=O)N[C@H]2CC[C@H](CCNC(=O)Nc3cc(F)ccc3F)O[C@H]2CO)c1. The molecule has 0 radical (unpaired) electrons. The normalized spacial score (nSPS) is 20.9. The number of ether oxygens (including phenoxy) is 1. The van der Waals surface area contributed by atoms with Crippen molar-refractivity contribution in [3.63, 3.8) is 0 Å². The zero-order chi connectivity index (χ0) is 24.0. The van der Waals surface area contributed by atoms with Gasteiger partial charge in [0.1, 0.15) is 11.6 Å². The minimum atomic E-state index is -3.77. The molecule has 0 bridgehead atoms. The highest BCUT2D eigenvalue weighted by molar-refractivity contribution is 7.89. The maximum Gasteiger partial charge on any atom is 0.319 e. The third-order valence-corrected chi connectivity index (χ3v) is 6.82. The van der Waals surface area contributed by atoms with Gasteiger partial charge in [-0.2, -0.15) is 0 Å². The van der Waals surface area contributed by atoms with Crippen LogP contribution in [0.1, 0.15) is 24.8 Å². The van der Waals surface area contributed by atoms with E-state index in [1.807, 2.05) is 0 Å². The molecule has 2 amide bonds. The number of aryl methyl sites for hydroxylation is 1. The van der Waals surface area contributed by atoms with E-state index in [0.29, 0.717) is 19.3 Å². The van der Waals surface area contributed by atoms with Crippen LogP contribution in [0.4, 0.5) is 19.3 Å². The first-order valence-electron chi connectivity index (χ1n) is 10.5. The summed E-state index contributed by atoms with van der Waals surface area (Å²) >= 11 is 0. The number of hydrogen-bond donors (Lipinski definition) is 4. The summed E-state index contributed by atoms with van der Waals surface area (Å²) in [4.78, 5) is 12.1. The molecule has 2 aromatic rings. The molecule has 33 heavy (non-hydrogen) atoms. The predicted octanol–water partition coefficient (Wildman–Crippen LogP) is 2.67. The number of aliphatic hydroxyl groups is 1. The standard InChI is InChI=1S/C22H27F2N3O5S/c1-14-3-2-4-17(11-14)33(30,31)27-19-8-6-16(32-21(19)13-28)9-10-25-22(29)26-20-12-15(23)5-7-18(20)24/h2-5,7,11-12,16,19,21,27-28H,6,8-10,13H2,1H3,(H2,25,26,29)/t16-,19+,21+/m1/s1. The smallest absolute Gasteiger partial charge is 0.319 e. The van der Waals surface area contributed by atoms with E-state index in [1.54, 1.807) is 25.1 Å². The molecule has 1 fully saturated rings. The molecule has 11 heteroatoms. The molecule has 0 aliphatic carbocycles. The van der Waals surface area contributed by atoms with Crippen LogP contribution in [0.3, 0.4) is 0 Å². The molecule has 1 heterocycles. The van der Waals surface area contributed by atoms with Crippen molar-refractivity contribution < 1.29 is 31.8 Å². The van der Waals surface area contributed by atoms with E-state index >= 15 is 0 Å². The Labute approximate surface area is 191 Å². The Morgan fingerprint density at radius 1 is 1.18 bits per heavy atom. The van der Waals surface area contributed by atoms with Crippen LogP contribution >= 0.6 is 0 Å². The maximum atomic E-state index is 13.6. The number of urea groups is 1. The van der Waals surface area contributed by atoms with Crippen molar-refractivity contribution >= 4 is 21.7 Å². The number of sulfonamides is 1. The Morgan fingerprint density at radius 3 is 2.70 bits per heavy atom. The second kappa shape index (κ2) is 11.0. The number of carbonyl (C=O) groups excluding carboxylic acids is 1. The van der Waals surface area contributed by atoms with Gasteiger partial charge in [0.2, 0.25) is 10.0 Å². The quantitative estimate of drug-likeness (QED) is 0.461. The minimum Gasteiger partial charge on any atom is -0.394 e. The molecule has 1 saturated heterocycles. The average Bonchev–Trinajstić information content (AvgIpc) is 2.77. The van der Waals surface area contributed by atoms with Crippen LogP contribution < -0.4 is 15.4 Å². The molecule has 8 nitrogen and oxygen atoms in total. The zero-order valence-corrected chi connectivity index (χ0v) is 18.9. The first-order chi connectivity index (χ1) is 15.7. The lowest BCUT2D eigenvalue weighted by atomic mass is 9.98. The Kier molecular flexibility index (Phi) is 8.35. The number of aliphatic hydroxyl groups excluding tert-OH is 1. The van der Waals surface area contributed by atoms with Crippen LogP contribution in [0.5, 0.6) is 0 Å². The van der Waals surface area contributed by atoms with E-state index < -0.39 is 39.8 Å². The highest BCUT2D eigenvalue weighted by atomic mass is 32.2. The number of benzene rings is 2. The molecular formula is C22H27F2N3O5S. The lowest BCUT2D eigenvalue weighted by Gasteiger charge is -2.36. The predicted molar refractivity (Wildman–Crippen MR) is 118 cm³/mol. The van der Waals surface area contributed by atoms with Gasteiger partial charge in [-0.1, -0.05) is 12.1 Å². The summed E-state index contributed by atoms with van der Waals surface area (Å²) in [5.41, 5.74) is 0.540. The van der Waals surface area contributed by atoms with E-state index in [9.17, 15) is 27.1 Å². The van der Waals surface area contributed by atoms with Crippen molar-refractivity contribution in [3.8, 4) is 0 Å². The number of nitrogens with one attached hydrogen (secondary N) is 3. The summed E-state index contributed by atoms with van der Waals surface area (Å²) in [6.07, 6.45) is 0.306. The highest BCUT2D eigenvalue weighted by Gasteiger charge is 2.33. The maximum absolute atomic E-state index is 13.6. The van der Waals surface area contributed by atoms with Gasteiger partial charge in [0.25, 0.3) is 0 Å². The average molecular weight is 484 g/mol. The number of amides is 2. The molecular weight excluding hydrogens is 456 g/mol. The van der Waals surface area contributed by atoms with E-state index in [2.05, 4.69) is 15.4 Å². The fraction of sp³-hybridized carbons (Fsp3) is 0.409. The van der Waals surface area contributed by atoms with E-state index in [-0.39, 0.29) is 29.8 Å². The Balaban J connectivity index is 1.48. The number of hydrogen-bond acceptors (Lipinski definition) is 5. The third-order valence-electron chi connectivity index (χ3n) is 5.33. The number of carbonyl (C=O) groups is 1. The van der Waals surface area contributed by atoms with Crippen molar-refractivity contribution in [3.05, 3.63) is 59.7 Å². The van der Waals surface area contributed by atoms with Gasteiger partial charge < -0.3 is 20.5 Å². The summed E-state index contributed by atoms with van der Waals surface area (Å²) in [5, 5.41) is 14.5. The largest absolute Gasteiger partial charge is 0.394 e. The van der Waals surface area contributed by atoms with Gasteiger partial charge in [-0.3, -0.25) is 0 Å². The van der Waals surface area contributed by atoms with Gasteiger partial charge in [-0.05, 0) is 56.0 Å². The zero-order valence-electron chi connectivity index (χ0n) is 18.1. The van der Waals surface area contributed by atoms with E-state index in [4.69, 9.17) is 4.74 Å². The minimum absolute atomic E-state index is 0.145. The molecule has 2 aromatic carbocycles. The number of rotatable bonds is 8. The molecule has 0 aromatic heterocycles. The van der Waals surface area contributed by atoms with Crippen molar-refractivity contribution in [2.45, 2.75) is 49.3 Å². The van der Waals surface area contributed by atoms with Gasteiger partial charge in [0.15, 0.2) is 0 Å². The second-order valence-corrected chi connectivity index (χ2v) is 9.61. The molecule has 1 aliphatic rings. The Hall–Kier alpha value is -2.60. The van der Waals surface area contributed by atoms with Crippen LogP contribution in [-0.4, -0.2) is 51.0 Å². The summed E-state index contributed by atoms with van der Waals surface area (Å²) in [7, 11) is -3.77.